The topological polar surface area (TPSA) is 53.8 Å². The number of hydrogen-bond acceptors (Lipinski definition) is 4. The molecule has 3 aromatic rings. The maximum atomic E-state index is 8.96. The van der Waals surface area contributed by atoms with E-state index in [0.717, 1.165) is 15.9 Å². The number of aliphatic hydroxyl groups excluding tert-OH is 1. The normalized spacial score (nSPS) is 12.0. The largest absolute Gasteiger partial charge is 1.00 e. The van der Waals surface area contributed by atoms with Gasteiger partial charge in [0.15, 0.2) is 18.9 Å². The number of fused-ring (bicyclic) bond motifs is 1. The maximum Gasteiger partial charge on any atom is 0.211 e. The predicted octanol–water partition coefficient (Wildman–Crippen LogP) is -1.54. The van der Waals surface area contributed by atoms with Crippen LogP contribution in [0.3, 0.4) is 0 Å². The van der Waals surface area contributed by atoms with E-state index in [9.17, 15) is 0 Å². The second-order valence-corrected chi connectivity index (χ2v) is 5.86. The third-order valence-electron chi connectivity index (χ3n) is 3.30. The third-order valence-corrected chi connectivity index (χ3v) is 4.41. The molecule has 0 saturated carbocycles. The minimum atomic E-state index is 0. The highest BCUT2D eigenvalue weighted by molar-refractivity contribution is 7.16. The summed E-state index contributed by atoms with van der Waals surface area (Å²) in [6, 6.07) is 12.1. The number of aromatic nitrogens is 2. The summed E-state index contributed by atoms with van der Waals surface area (Å²) in [5.41, 5.74) is 2.10. The fraction of sp³-hybridized carbons (Fsp3) is 0.188. The Hall–Kier alpha value is -1.83. The zero-order valence-corrected chi connectivity index (χ0v) is 15.0. The smallest absolute Gasteiger partial charge is 0.211 e. The van der Waals surface area contributed by atoms with E-state index >= 15 is 0 Å². The van der Waals surface area contributed by atoms with Gasteiger partial charge in [-0.05, 0) is 18.2 Å². The lowest BCUT2D eigenvalue weighted by molar-refractivity contribution is -0.698. The van der Waals surface area contributed by atoms with E-state index in [1.165, 1.54) is 4.70 Å². The van der Waals surface area contributed by atoms with Crippen LogP contribution in [0.15, 0.2) is 59.0 Å². The first-order valence-corrected chi connectivity index (χ1v) is 7.81. The third kappa shape index (κ3) is 4.13. The van der Waals surface area contributed by atoms with Gasteiger partial charge in [-0.15, -0.1) is 5.10 Å². The monoisotopic (exact) mass is 392 g/mol. The van der Waals surface area contributed by atoms with Crippen LogP contribution in [-0.4, -0.2) is 22.5 Å². The highest BCUT2D eigenvalue weighted by atomic mass is 79.9. The van der Waals surface area contributed by atoms with Gasteiger partial charge in [0, 0.05) is 13.1 Å². The summed E-state index contributed by atoms with van der Waals surface area (Å²) in [7, 11) is 1.99. The minimum absolute atomic E-state index is 0. The molecular formula is C16H17BrN4OS. The van der Waals surface area contributed by atoms with Crippen molar-refractivity contribution in [2.75, 3.05) is 6.61 Å². The molecule has 0 amide bonds. The second kappa shape index (κ2) is 8.14. The van der Waals surface area contributed by atoms with E-state index in [2.05, 4.69) is 22.3 Å². The van der Waals surface area contributed by atoms with Crippen LogP contribution in [0.1, 0.15) is 5.56 Å². The van der Waals surface area contributed by atoms with Crippen molar-refractivity contribution in [1.29, 1.82) is 0 Å². The second-order valence-electron chi connectivity index (χ2n) is 4.85. The van der Waals surface area contributed by atoms with Crippen molar-refractivity contribution < 1.29 is 26.7 Å². The molecule has 23 heavy (non-hydrogen) atoms. The Morgan fingerprint density at radius 3 is 2.87 bits per heavy atom. The van der Waals surface area contributed by atoms with E-state index in [0.29, 0.717) is 6.54 Å². The molecule has 0 aliphatic rings. The number of pyridine rings is 1. The highest BCUT2D eigenvalue weighted by Gasteiger charge is 2.01. The molecule has 7 heteroatoms. The van der Waals surface area contributed by atoms with Crippen LogP contribution in [0.5, 0.6) is 0 Å². The summed E-state index contributed by atoms with van der Waals surface area (Å²) >= 11 is 1.61. The number of benzene rings is 1. The van der Waals surface area contributed by atoms with Crippen LogP contribution >= 0.6 is 11.3 Å². The van der Waals surface area contributed by atoms with Crippen molar-refractivity contribution in [3.05, 3.63) is 59.2 Å². The van der Waals surface area contributed by atoms with Crippen molar-refractivity contribution >= 4 is 27.8 Å². The molecular weight excluding hydrogens is 376 g/mol. The Bertz CT molecular complexity index is 885. The zero-order valence-electron chi connectivity index (χ0n) is 12.6. The van der Waals surface area contributed by atoms with Gasteiger partial charge in [-0.25, -0.2) is 4.57 Å². The van der Waals surface area contributed by atoms with Gasteiger partial charge < -0.3 is 26.7 Å². The summed E-state index contributed by atoms with van der Waals surface area (Å²) in [5.74, 6) is 0. The van der Waals surface area contributed by atoms with Gasteiger partial charge >= 0.3 is 0 Å². The minimum Gasteiger partial charge on any atom is -1.00 e. The molecule has 0 spiro atoms. The first kappa shape index (κ1) is 17.5. The molecule has 2 aromatic heterocycles. The van der Waals surface area contributed by atoms with E-state index in [-0.39, 0.29) is 23.6 Å². The number of nitrogens with zero attached hydrogens (tertiary/aromatic N) is 4. The lowest BCUT2D eigenvalue weighted by Crippen LogP contribution is -3.00. The van der Waals surface area contributed by atoms with E-state index < -0.39 is 0 Å². The lowest BCUT2D eigenvalue weighted by atomic mass is 10.3. The van der Waals surface area contributed by atoms with Crippen molar-refractivity contribution in [2.24, 2.45) is 17.3 Å². The molecule has 0 bridgehead atoms. The highest BCUT2D eigenvalue weighted by Crippen LogP contribution is 2.14. The Morgan fingerprint density at radius 2 is 2.09 bits per heavy atom. The Labute approximate surface area is 148 Å². The van der Waals surface area contributed by atoms with Crippen LogP contribution < -0.4 is 26.3 Å². The number of aryl methyl sites for hydroxylation is 1. The summed E-state index contributed by atoms with van der Waals surface area (Å²) < 4.78 is 5.15. The van der Waals surface area contributed by atoms with Gasteiger partial charge in [-0.2, -0.15) is 5.10 Å². The van der Waals surface area contributed by atoms with Crippen LogP contribution in [0.25, 0.3) is 10.2 Å². The number of hydrogen-bond donors (Lipinski definition) is 1. The predicted molar refractivity (Wildman–Crippen MR) is 87.7 cm³/mol. The van der Waals surface area contributed by atoms with Gasteiger partial charge in [-0.3, -0.25) is 0 Å². The average Bonchev–Trinajstić information content (AvgIpc) is 2.85. The zero-order chi connectivity index (χ0) is 15.4. The Morgan fingerprint density at radius 1 is 1.26 bits per heavy atom. The van der Waals surface area contributed by atoms with E-state index in [1.807, 2.05) is 52.8 Å². The van der Waals surface area contributed by atoms with Crippen molar-refractivity contribution in [2.45, 2.75) is 6.54 Å². The molecule has 0 aliphatic heterocycles. The van der Waals surface area contributed by atoms with Crippen LogP contribution in [0.2, 0.25) is 0 Å². The fourth-order valence-electron chi connectivity index (χ4n) is 2.20. The van der Waals surface area contributed by atoms with Crippen LogP contribution in [0, 0.1) is 0 Å². The molecule has 120 valence electrons. The van der Waals surface area contributed by atoms with E-state index in [4.69, 9.17) is 5.11 Å². The van der Waals surface area contributed by atoms with Crippen molar-refractivity contribution in [3.8, 4) is 0 Å². The Balaban J connectivity index is 0.00000192. The fourth-order valence-corrected chi connectivity index (χ4v) is 3.17. The van der Waals surface area contributed by atoms with Gasteiger partial charge in [-0.1, -0.05) is 23.5 Å². The molecule has 5 nitrogen and oxygen atoms in total. The van der Waals surface area contributed by atoms with Gasteiger partial charge in [0.05, 0.1) is 22.0 Å². The molecule has 3 rings (SSSR count). The molecule has 0 atom stereocenters. The molecule has 2 heterocycles. The van der Waals surface area contributed by atoms with E-state index in [1.54, 1.807) is 17.6 Å². The average molecular weight is 393 g/mol. The first-order chi connectivity index (χ1) is 10.8. The standard InChI is InChI=1S/C16H17N4OS.BrH/c1-19-14-6-2-3-7-15(14)22-16(19)18-17-11-13-5-4-8-20(12-13)9-10-21;/h2-8,11-12,21H,9-10H2,1H3;1H/q+1;/p-1/b17-11+,18-16-;. The van der Waals surface area contributed by atoms with Crippen molar-refractivity contribution in [3.63, 3.8) is 0 Å². The molecule has 0 radical (unpaired) electrons. The van der Waals surface area contributed by atoms with Crippen LogP contribution in [-0.2, 0) is 13.6 Å². The summed E-state index contributed by atoms with van der Waals surface area (Å²) in [6.07, 6.45) is 5.56. The quantitative estimate of drug-likeness (QED) is 0.326. The van der Waals surface area contributed by atoms with Crippen molar-refractivity contribution in [1.82, 2.24) is 4.57 Å². The number of para-hydroxylation sites is 1. The molecule has 0 aliphatic carbocycles. The lowest BCUT2D eigenvalue weighted by Gasteiger charge is -1.94. The number of halogens is 1. The van der Waals surface area contributed by atoms with Gasteiger partial charge in [0.2, 0.25) is 4.80 Å². The van der Waals surface area contributed by atoms with Gasteiger partial charge in [0.25, 0.3) is 0 Å². The SMILES string of the molecule is Cn1/c(=N/N=C/c2ccc[n+](CCO)c2)sc2ccccc21.[Br-]. The number of aliphatic hydroxyl groups is 1. The molecule has 0 unspecified atom stereocenters. The van der Waals surface area contributed by atoms with Gasteiger partial charge in [0.1, 0.15) is 6.61 Å². The summed E-state index contributed by atoms with van der Waals surface area (Å²) in [4.78, 5) is 0.858. The molecule has 1 aromatic carbocycles. The number of thiazole rings is 1. The molecule has 0 saturated heterocycles. The molecule has 0 fully saturated rings. The maximum absolute atomic E-state index is 8.96. The Kier molecular flexibility index (Phi) is 6.20. The first-order valence-electron chi connectivity index (χ1n) is 6.99. The summed E-state index contributed by atoms with van der Waals surface area (Å²) in [6.45, 7) is 0.692. The van der Waals surface area contributed by atoms with Crippen LogP contribution in [0.4, 0.5) is 0 Å². The number of rotatable bonds is 4. The summed E-state index contributed by atoms with van der Waals surface area (Å²) in [5, 5.41) is 17.4. The molecule has 1 N–H and O–H groups in total.